The molecule has 27 heavy (non-hydrogen) atoms. The van der Waals surface area contributed by atoms with Crippen LogP contribution in [0.15, 0.2) is 60.9 Å². The van der Waals surface area contributed by atoms with Crippen LogP contribution < -0.4 is 14.8 Å². The summed E-state index contributed by atoms with van der Waals surface area (Å²) in [5.41, 5.74) is 2.91. The van der Waals surface area contributed by atoms with Crippen molar-refractivity contribution in [2.24, 2.45) is 0 Å². The molecular formula is C21H20Cl2N2O2. The fraction of sp³-hybridized carbons (Fsp3) is 0.190. The lowest BCUT2D eigenvalue weighted by Crippen LogP contribution is -2.14. The van der Waals surface area contributed by atoms with Crippen LogP contribution in [0.4, 0.5) is 0 Å². The third-order valence-electron chi connectivity index (χ3n) is 4.10. The van der Waals surface area contributed by atoms with Crippen molar-refractivity contribution in [3.63, 3.8) is 0 Å². The molecule has 4 nitrogen and oxygen atoms in total. The Morgan fingerprint density at radius 2 is 1.63 bits per heavy atom. The molecule has 1 heterocycles. The summed E-state index contributed by atoms with van der Waals surface area (Å²) in [5.74, 6) is 1.35. The van der Waals surface area contributed by atoms with Gasteiger partial charge in [-0.25, -0.2) is 0 Å². The van der Waals surface area contributed by atoms with Crippen LogP contribution in [0.3, 0.4) is 0 Å². The number of hydrogen-bond donors (Lipinski definition) is 1. The number of hydrogen-bond acceptors (Lipinski definition) is 4. The predicted molar refractivity (Wildman–Crippen MR) is 109 cm³/mol. The van der Waals surface area contributed by atoms with Gasteiger partial charge in [-0.1, -0.05) is 41.4 Å². The molecule has 0 saturated carbocycles. The topological polar surface area (TPSA) is 43.4 Å². The van der Waals surface area contributed by atoms with E-state index in [2.05, 4.69) is 10.3 Å². The molecule has 0 aliphatic heterocycles. The lowest BCUT2D eigenvalue weighted by atomic mass is 10.1. The van der Waals surface area contributed by atoms with Crippen molar-refractivity contribution in [3.05, 3.63) is 87.7 Å². The Labute approximate surface area is 169 Å². The van der Waals surface area contributed by atoms with Gasteiger partial charge in [-0.2, -0.15) is 0 Å². The number of ether oxygens (including phenoxy) is 2. The number of nitrogens with zero attached hydrogens (tertiary/aromatic N) is 1. The standard InChI is InChI=1S/C21H20Cl2N2O2/c1-26-20-7-2-4-16(13-25-12-15-8-10-24-11-9-15)21(20)27-14-17-18(22)5-3-6-19(17)23/h2-11,25H,12-14H2,1H3. The van der Waals surface area contributed by atoms with Crippen molar-refractivity contribution in [1.29, 1.82) is 0 Å². The van der Waals surface area contributed by atoms with Crippen molar-refractivity contribution in [1.82, 2.24) is 10.3 Å². The molecule has 6 heteroatoms. The number of methoxy groups -OCH3 is 1. The highest BCUT2D eigenvalue weighted by atomic mass is 35.5. The third-order valence-corrected chi connectivity index (χ3v) is 4.81. The van der Waals surface area contributed by atoms with E-state index in [1.54, 1.807) is 31.6 Å². The van der Waals surface area contributed by atoms with Crippen LogP contribution in [-0.4, -0.2) is 12.1 Å². The van der Waals surface area contributed by atoms with Crippen molar-refractivity contribution in [2.75, 3.05) is 7.11 Å². The molecule has 0 atom stereocenters. The van der Waals surface area contributed by atoms with Crippen LogP contribution in [-0.2, 0) is 19.7 Å². The highest BCUT2D eigenvalue weighted by Crippen LogP contribution is 2.33. The third kappa shape index (κ3) is 5.13. The van der Waals surface area contributed by atoms with Crippen LogP contribution >= 0.6 is 23.2 Å². The molecule has 0 aliphatic rings. The molecule has 3 rings (SSSR count). The van der Waals surface area contributed by atoms with Gasteiger partial charge in [-0.05, 0) is 35.9 Å². The largest absolute Gasteiger partial charge is 0.493 e. The molecule has 0 radical (unpaired) electrons. The quantitative estimate of drug-likeness (QED) is 0.557. The van der Waals surface area contributed by atoms with Crippen molar-refractivity contribution in [2.45, 2.75) is 19.7 Å². The maximum Gasteiger partial charge on any atom is 0.166 e. The van der Waals surface area contributed by atoms with E-state index >= 15 is 0 Å². The monoisotopic (exact) mass is 402 g/mol. The van der Waals surface area contributed by atoms with Crippen LogP contribution in [0.5, 0.6) is 11.5 Å². The summed E-state index contributed by atoms with van der Waals surface area (Å²) in [6.07, 6.45) is 3.56. The summed E-state index contributed by atoms with van der Waals surface area (Å²) in [6.45, 7) is 1.62. The Bertz CT molecular complexity index is 868. The molecule has 0 spiro atoms. The van der Waals surface area contributed by atoms with Gasteiger partial charge in [0.25, 0.3) is 0 Å². The van der Waals surface area contributed by atoms with E-state index in [0.29, 0.717) is 28.1 Å². The van der Waals surface area contributed by atoms with Gasteiger partial charge in [0.1, 0.15) is 6.61 Å². The minimum atomic E-state index is 0.260. The van der Waals surface area contributed by atoms with Gasteiger partial charge in [0.05, 0.1) is 7.11 Å². The lowest BCUT2D eigenvalue weighted by Gasteiger charge is -2.16. The van der Waals surface area contributed by atoms with Crippen LogP contribution in [0.1, 0.15) is 16.7 Å². The van der Waals surface area contributed by atoms with Crippen LogP contribution in [0.2, 0.25) is 10.0 Å². The molecule has 140 valence electrons. The first-order chi connectivity index (χ1) is 13.2. The molecule has 2 aromatic carbocycles. The first-order valence-electron chi connectivity index (χ1n) is 8.50. The number of pyridine rings is 1. The minimum absolute atomic E-state index is 0.260. The van der Waals surface area contributed by atoms with E-state index in [9.17, 15) is 0 Å². The number of aromatic nitrogens is 1. The summed E-state index contributed by atoms with van der Waals surface area (Å²) in [7, 11) is 1.62. The molecular weight excluding hydrogens is 383 g/mol. The van der Waals surface area contributed by atoms with Gasteiger partial charge in [0.2, 0.25) is 0 Å². The molecule has 0 saturated heterocycles. The Balaban J connectivity index is 1.73. The fourth-order valence-electron chi connectivity index (χ4n) is 2.68. The average Bonchev–Trinajstić information content (AvgIpc) is 2.69. The Morgan fingerprint density at radius 1 is 0.926 bits per heavy atom. The van der Waals surface area contributed by atoms with Gasteiger partial charge >= 0.3 is 0 Å². The first-order valence-corrected chi connectivity index (χ1v) is 9.26. The van der Waals surface area contributed by atoms with E-state index in [-0.39, 0.29) is 6.61 Å². The molecule has 0 unspecified atom stereocenters. The highest BCUT2D eigenvalue weighted by Gasteiger charge is 2.13. The fourth-order valence-corrected chi connectivity index (χ4v) is 3.19. The zero-order valence-corrected chi connectivity index (χ0v) is 16.4. The van der Waals surface area contributed by atoms with Crippen LogP contribution in [0.25, 0.3) is 0 Å². The Kier molecular flexibility index (Phi) is 6.93. The summed E-state index contributed by atoms with van der Waals surface area (Å²) in [5, 5.41) is 4.57. The average molecular weight is 403 g/mol. The molecule has 0 bridgehead atoms. The number of halogens is 2. The lowest BCUT2D eigenvalue weighted by molar-refractivity contribution is 0.281. The maximum atomic E-state index is 6.25. The highest BCUT2D eigenvalue weighted by molar-refractivity contribution is 6.35. The Morgan fingerprint density at radius 3 is 2.33 bits per heavy atom. The van der Waals surface area contributed by atoms with E-state index < -0.39 is 0 Å². The number of rotatable bonds is 8. The van der Waals surface area contributed by atoms with Crippen LogP contribution in [0, 0.1) is 0 Å². The van der Waals surface area contributed by atoms with Crippen molar-refractivity contribution < 1.29 is 9.47 Å². The van der Waals surface area contributed by atoms with E-state index in [1.807, 2.05) is 36.4 Å². The Hall–Kier alpha value is -2.27. The van der Waals surface area contributed by atoms with Crippen molar-refractivity contribution >= 4 is 23.2 Å². The zero-order valence-electron chi connectivity index (χ0n) is 14.9. The van der Waals surface area contributed by atoms with E-state index in [0.717, 1.165) is 17.7 Å². The van der Waals surface area contributed by atoms with Gasteiger partial charge in [0.15, 0.2) is 11.5 Å². The smallest absolute Gasteiger partial charge is 0.166 e. The minimum Gasteiger partial charge on any atom is -0.493 e. The zero-order chi connectivity index (χ0) is 19.1. The molecule has 0 amide bonds. The molecule has 1 N–H and O–H groups in total. The van der Waals surface area contributed by atoms with E-state index in [1.165, 1.54) is 5.56 Å². The van der Waals surface area contributed by atoms with Gasteiger partial charge in [-0.15, -0.1) is 0 Å². The summed E-state index contributed by atoms with van der Waals surface area (Å²) in [6, 6.07) is 15.2. The van der Waals surface area contributed by atoms with Crippen molar-refractivity contribution in [3.8, 4) is 11.5 Å². The molecule has 0 fully saturated rings. The maximum absolute atomic E-state index is 6.25. The number of benzene rings is 2. The van der Waals surface area contributed by atoms with Gasteiger partial charge < -0.3 is 14.8 Å². The normalized spacial score (nSPS) is 10.6. The summed E-state index contributed by atoms with van der Waals surface area (Å²) < 4.78 is 11.5. The first kappa shape index (κ1) is 19.5. The predicted octanol–water partition coefficient (Wildman–Crippen LogP) is 5.27. The molecule has 1 aromatic heterocycles. The van der Waals surface area contributed by atoms with Gasteiger partial charge in [0, 0.05) is 46.7 Å². The second kappa shape index (κ2) is 9.60. The number of para-hydroxylation sites is 1. The summed E-state index contributed by atoms with van der Waals surface area (Å²) in [4.78, 5) is 4.03. The van der Waals surface area contributed by atoms with E-state index in [4.69, 9.17) is 32.7 Å². The second-order valence-corrected chi connectivity index (χ2v) is 6.71. The second-order valence-electron chi connectivity index (χ2n) is 5.90. The summed E-state index contributed by atoms with van der Waals surface area (Å²) >= 11 is 12.5. The number of nitrogens with one attached hydrogen (secondary N) is 1. The molecule has 3 aromatic rings. The molecule has 0 aliphatic carbocycles. The SMILES string of the molecule is COc1cccc(CNCc2ccncc2)c1OCc1c(Cl)cccc1Cl. The van der Waals surface area contributed by atoms with Gasteiger partial charge in [-0.3, -0.25) is 4.98 Å².